The molecule has 26 heavy (non-hydrogen) atoms. The topological polar surface area (TPSA) is 57.7 Å². The summed E-state index contributed by atoms with van der Waals surface area (Å²) in [5.74, 6) is -0.645. The molecule has 140 valence electrons. The first kappa shape index (κ1) is 20.1. The molecule has 0 saturated heterocycles. The zero-order valence-electron chi connectivity index (χ0n) is 15.3. The van der Waals surface area contributed by atoms with Gasteiger partial charge in [0.25, 0.3) is 5.91 Å². The summed E-state index contributed by atoms with van der Waals surface area (Å²) in [7, 11) is -0.535. The highest BCUT2D eigenvalue weighted by Gasteiger charge is 2.24. The molecule has 0 heterocycles. The molecule has 0 N–H and O–H groups in total. The second kappa shape index (κ2) is 7.97. The van der Waals surface area contributed by atoms with E-state index in [1.165, 1.54) is 40.5 Å². The molecule has 0 aliphatic heterocycles. The predicted molar refractivity (Wildman–Crippen MR) is 98.7 cm³/mol. The van der Waals surface area contributed by atoms with Crippen LogP contribution in [0.5, 0.6) is 0 Å². The van der Waals surface area contributed by atoms with Gasteiger partial charge in [-0.2, -0.15) is 4.31 Å². The molecule has 2 aromatic carbocycles. The third-order valence-electron chi connectivity index (χ3n) is 4.16. The van der Waals surface area contributed by atoms with Crippen LogP contribution in [0.3, 0.4) is 0 Å². The van der Waals surface area contributed by atoms with Crippen LogP contribution in [0.25, 0.3) is 0 Å². The van der Waals surface area contributed by atoms with Gasteiger partial charge in [0, 0.05) is 32.2 Å². The monoisotopic (exact) mass is 378 g/mol. The lowest BCUT2D eigenvalue weighted by Crippen LogP contribution is -2.33. The minimum atomic E-state index is -3.66. The van der Waals surface area contributed by atoms with Gasteiger partial charge in [-0.25, -0.2) is 12.8 Å². The van der Waals surface area contributed by atoms with E-state index in [4.69, 9.17) is 0 Å². The zero-order valence-corrected chi connectivity index (χ0v) is 16.1. The Labute approximate surface area is 154 Å². The predicted octanol–water partition coefficient (Wildman–Crippen LogP) is 3.13. The van der Waals surface area contributed by atoms with E-state index in [1.54, 1.807) is 45.2 Å². The van der Waals surface area contributed by atoms with Gasteiger partial charge in [-0.3, -0.25) is 4.79 Å². The summed E-state index contributed by atoms with van der Waals surface area (Å²) in [5, 5.41) is 0. The zero-order chi connectivity index (χ0) is 19.5. The van der Waals surface area contributed by atoms with E-state index in [-0.39, 0.29) is 28.2 Å². The normalized spacial score (nSPS) is 11.8. The number of benzene rings is 2. The van der Waals surface area contributed by atoms with E-state index in [9.17, 15) is 17.6 Å². The van der Waals surface area contributed by atoms with Gasteiger partial charge in [0.15, 0.2) is 0 Å². The smallest absolute Gasteiger partial charge is 0.253 e. The van der Waals surface area contributed by atoms with Crippen LogP contribution in [0, 0.1) is 5.82 Å². The van der Waals surface area contributed by atoms with E-state index in [0.717, 1.165) is 5.56 Å². The second-order valence-corrected chi connectivity index (χ2v) is 8.43. The molecule has 0 aliphatic carbocycles. The highest BCUT2D eigenvalue weighted by Crippen LogP contribution is 2.19. The van der Waals surface area contributed by atoms with Gasteiger partial charge >= 0.3 is 0 Å². The fourth-order valence-corrected chi connectivity index (χ4v) is 3.80. The Kier molecular flexibility index (Phi) is 6.15. The Balaban J connectivity index is 2.23. The van der Waals surface area contributed by atoms with Crippen molar-refractivity contribution >= 4 is 15.9 Å². The molecule has 5 nitrogen and oxygen atoms in total. The maximum Gasteiger partial charge on any atom is 0.253 e. The quantitative estimate of drug-likeness (QED) is 0.776. The highest BCUT2D eigenvalue weighted by molar-refractivity contribution is 7.89. The first-order valence-electron chi connectivity index (χ1n) is 8.21. The number of amides is 1. The van der Waals surface area contributed by atoms with E-state index in [2.05, 4.69) is 0 Å². The minimum Gasteiger partial charge on any atom is -0.337 e. The van der Waals surface area contributed by atoms with Crippen molar-refractivity contribution in [1.29, 1.82) is 0 Å². The minimum absolute atomic E-state index is 0.0785. The average molecular weight is 378 g/mol. The van der Waals surface area contributed by atoms with E-state index >= 15 is 0 Å². The van der Waals surface area contributed by atoms with Crippen molar-refractivity contribution < 1.29 is 17.6 Å². The van der Waals surface area contributed by atoms with Crippen molar-refractivity contribution in [1.82, 2.24) is 9.21 Å². The molecule has 0 radical (unpaired) electrons. The maximum absolute atomic E-state index is 13.0. The second-order valence-electron chi connectivity index (χ2n) is 6.43. The first-order chi connectivity index (χ1) is 12.1. The van der Waals surface area contributed by atoms with Crippen molar-refractivity contribution in [3.8, 4) is 0 Å². The molecule has 0 fully saturated rings. The van der Waals surface area contributed by atoms with Crippen LogP contribution >= 0.6 is 0 Å². The number of nitrogens with zero attached hydrogens (tertiary/aromatic N) is 2. The SMILES string of the molecule is CC(C)N(C)S(=O)(=O)c1cccc(C(=O)N(C)Cc2ccc(F)cc2)c1. The fraction of sp³-hybridized carbons (Fsp3) is 0.316. The molecule has 0 unspecified atom stereocenters. The number of sulfonamides is 1. The number of rotatable bonds is 6. The van der Waals surface area contributed by atoms with Crippen LogP contribution in [0.2, 0.25) is 0 Å². The van der Waals surface area contributed by atoms with Crippen LogP contribution in [0.15, 0.2) is 53.4 Å². The van der Waals surface area contributed by atoms with Crippen LogP contribution < -0.4 is 0 Å². The first-order valence-corrected chi connectivity index (χ1v) is 9.65. The van der Waals surface area contributed by atoms with Gasteiger partial charge in [0.05, 0.1) is 4.90 Å². The molecular formula is C19H23FN2O3S. The molecule has 0 spiro atoms. The number of carbonyl (C=O) groups is 1. The van der Waals surface area contributed by atoms with Crippen molar-refractivity contribution in [2.24, 2.45) is 0 Å². The Hall–Kier alpha value is -2.25. The molecule has 0 atom stereocenters. The third kappa shape index (κ3) is 4.47. The lowest BCUT2D eigenvalue weighted by atomic mass is 10.1. The van der Waals surface area contributed by atoms with Crippen molar-refractivity contribution in [3.63, 3.8) is 0 Å². The van der Waals surface area contributed by atoms with Gasteiger partial charge in [-0.05, 0) is 49.7 Å². The van der Waals surface area contributed by atoms with Crippen LogP contribution in [-0.2, 0) is 16.6 Å². The Bertz CT molecular complexity index is 880. The van der Waals surface area contributed by atoms with Gasteiger partial charge in [-0.1, -0.05) is 18.2 Å². The number of halogens is 1. The van der Waals surface area contributed by atoms with E-state index in [1.807, 2.05) is 0 Å². The standard InChI is InChI=1S/C19H23FN2O3S/c1-14(2)22(4)26(24,25)18-7-5-6-16(12-18)19(23)21(3)13-15-8-10-17(20)11-9-15/h5-12,14H,13H2,1-4H3. The lowest BCUT2D eigenvalue weighted by Gasteiger charge is -2.22. The summed E-state index contributed by atoms with van der Waals surface area (Å²) in [4.78, 5) is 14.2. The van der Waals surface area contributed by atoms with Crippen molar-refractivity contribution in [3.05, 3.63) is 65.5 Å². The highest BCUT2D eigenvalue weighted by atomic mass is 32.2. The molecule has 7 heteroatoms. The van der Waals surface area contributed by atoms with Gasteiger partial charge in [-0.15, -0.1) is 0 Å². The average Bonchev–Trinajstić information content (AvgIpc) is 2.62. The largest absolute Gasteiger partial charge is 0.337 e. The Morgan fingerprint density at radius 1 is 1.08 bits per heavy atom. The molecular weight excluding hydrogens is 355 g/mol. The fourth-order valence-electron chi connectivity index (χ4n) is 2.39. The van der Waals surface area contributed by atoms with E-state index in [0.29, 0.717) is 6.54 Å². The molecule has 2 rings (SSSR count). The van der Waals surface area contributed by atoms with Crippen molar-refractivity contribution in [2.75, 3.05) is 14.1 Å². The molecule has 2 aromatic rings. The molecule has 0 aliphatic rings. The number of hydrogen-bond donors (Lipinski definition) is 0. The van der Waals surface area contributed by atoms with Crippen molar-refractivity contribution in [2.45, 2.75) is 31.3 Å². The molecule has 0 aromatic heterocycles. The Morgan fingerprint density at radius 3 is 2.27 bits per heavy atom. The summed E-state index contributed by atoms with van der Waals surface area (Å²) in [6.45, 7) is 3.86. The molecule has 0 bridgehead atoms. The number of hydrogen-bond acceptors (Lipinski definition) is 3. The summed E-state index contributed by atoms with van der Waals surface area (Å²) in [6, 6.07) is 11.7. The molecule has 1 amide bonds. The number of carbonyl (C=O) groups excluding carboxylic acids is 1. The van der Waals surface area contributed by atoms with Gasteiger partial charge in [0.2, 0.25) is 10.0 Å². The van der Waals surface area contributed by atoms with Gasteiger partial charge in [0.1, 0.15) is 5.82 Å². The van der Waals surface area contributed by atoms with Crippen LogP contribution in [-0.4, -0.2) is 43.7 Å². The maximum atomic E-state index is 13.0. The third-order valence-corrected chi connectivity index (χ3v) is 6.19. The molecule has 0 saturated carbocycles. The van der Waals surface area contributed by atoms with Crippen LogP contribution in [0.4, 0.5) is 4.39 Å². The summed E-state index contributed by atoms with van der Waals surface area (Å²) in [5.41, 5.74) is 1.07. The lowest BCUT2D eigenvalue weighted by molar-refractivity contribution is 0.0785. The Morgan fingerprint density at radius 2 is 1.69 bits per heavy atom. The summed E-state index contributed by atoms with van der Waals surface area (Å²) >= 11 is 0. The van der Waals surface area contributed by atoms with Crippen LogP contribution in [0.1, 0.15) is 29.8 Å². The van der Waals surface area contributed by atoms with E-state index < -0.39 is 10.0 Å². The summed E-state index contributed by atoms with van der Waals surface area (Å²) in [6.07, 6.45) is 0. The van der Waals surface area contributed by atoms with Gasteiger partial charge < -0.3 is 4.90 Å². The summed E-state index contributed by atoms with van der Waals surface area (Å²) < 4.78 is 39.5.